The van der Waals surface area contributed by atoms with Crippen LogP contribution in [-0.2, 0) is 4.79 Å². The number of hydrogen-bond acceptors (Lipinski definition) is 4. The third-order valence-corrected chi connectivity index (χ3v) is 4.27. The Morgan fingerprint density at radius 1 is 1.41 bits per heavy atom. The topological polar surface area (TPSA) is 71.1 Å². The lowest BCUT2D eigenvalue weighted by molar-refractivity contribution is -0.115. The van der Waals surface area contributed by atoms with Gasteiger partial charge in [-0.15, -0.1) is 17.9 Å². The summed E-state index contributed by atoms with van der Waals surface area (Å²) in [5.74, 6) is -0.358. The highest BCUT2D eigenvalue weighted by atomic mass is 32.1. The maximum Gasteiger partial charge on any atom is 0.263 e. The van der Waals surface area contributed by atoms with Gasteiger partial charge in [-0.1, -0.05) is 13.0 Å². The molecule has 0 aromatic carbocycles. The second-order valence-electron chi connectivity index (χ2n) is 4.97. The monoisotopic (exact) mass is 317 g/mol. The van der Waals surface area contributed by atoms with Crippen LogP contribution in [0.25, 0.3) is 10.2 Å². The fraction of sp³-hybridized carbons (Fsp3) is 0.312. The summed E-state index contributed by atoms with van der Waals surface area (Å²) in [7, 11) is 0. The second kappa shape index (κ2) is 6.70. The lowest BCUT2D eigenvalue weighted by Gasteiger charge is -2.07. The van der Waals surface area contributed by atoms with Crippen molar-refractivity contribution < 1.29 is 9.59 Å². The largest absolute Gasteiger partial charge is 0.348 e. The van der Waals surface area contributed by atoms with E-state index < -0.39 is 0 Å². The van der Waals surface area contributed by atoms with Gasteiger partial charge in [-0.25, -0.2) is 4.98 Å². The highest BCUT2D eigenvalue weighted by Gasteiger charge is 2.21. The van der Waals surface area contributed by atoms with E-state index in [1.807, 2.05) is 19.9 Å². The van der Waals surface area contributed by atoms with E-state index in [0.717, 1.165) is 21.5 Å². The number of thiophene rings is 1. The Kier molecular flexibility index (Phi) is 4.92. The Morgan fingerprint density at radius 3 is 2.77 bits per heavy atom. The van der Waals surface area contributed by atoms with E-state index in [2.05, 4.69) is 22.2 Å². The fourth-order valence-electron chi connectivity index (χ4n) is 2.19. The number of aromatic nitrogens is 1. The number of rotatable bonds is 5. The van der Waals surface area contributed by atoms with Crippen molar-refractivity contribution in [3.63, 3.8) is 0 Å². The molecule has 5 nitrogen and oxygen atoms in total. The van der Waals surface area contributed by atoms with Crippen molar-refractivity contribution in [2.24, 2.45) is 0 Å². The molecule has 2 aromatic rings. The first kappa shape index (κ1) is 16.2. The average Bonchev–Trinajstić information content (AvgIpc) is 2.83. The van der Waals surface area contributed by atoms with E-state index in [1.165, 1.54) is 11.3 Å². The number of carbonyl (C=O) groups excluding carboxylic acids is 2. The Balaban J connectivity index is 2.60. The molecule has 0 aliphatic heterocycles. The van der Waals surface area contributed by atoms with E-state index in [1.54, 1.807) is 13.0 Å². The lowest BCUT2D eigenvalue weighted by Crippen LogP contribution is -2.23. The quantitative estimate of drug-likeness (QED) is 0.832. The van der Waals surface area contributed by atoms with E-state index in [4.69, 9.17) is 0 Å². The molecule has 0 saturated heterocycles. The number of nitrogens with one attached hydrogen (secondary N) is 2. The molecule has 0 aliphatic carbocycles. The van der Waals surface area contributed by atoms with E-state index in [0.29, 0.717) is 23.5 Å². The summed E-state index contributed by atoms with van der Waals surface area (Å²) in [5.41, 5.74) is 2.43. The smallest absolute Gasteiger partial charge is 0.263 e. The number of nitrogens with zero attached hydrogens (tertiary/aromatic N) is 1. The molecule has 0 atom stereocenters. The molecule has 116 valence electrons. The van der Waals surface area contributed by atoms with Crippen molar-refractivity contribution in [2.45, 2.75) is 27.2 Å². The van der Waals surface area contributed by atoms with Gasteiger partial charge in [0.05, 0.1) is 5.69 Å². The molecule has 0 spiro atoms. The summed E-state index contributed by atoms with van der Waals surface area (Å²) in [6, 6.07) is 1.95. The van der Waals surface area contributed by atoms with Crippen molar-refractivity contribution >= 4 is 39.1 Å². The number of amides is 2. The Hall–Kier alpha value is -2.21. The fourth-order valence-corrected chi connectivity index (χ4v) is 3.36. The molecule has 0 fully saturated rings. The molecule has 0 saturated carbocycles. The number of anilines is 1. The van der Waals surface area contributed by atoms with Crippen molar-refractivity contribution in [2.75, 3.05) is 11.9 Å². The molecule has 0 unspecified atom stereocenters. The number of hydrogen-bond donors (Lipinski definition) is 2. The van der Waals surface area contributed by atoms with Crippen LogP contribution < -0.4 is 10.6 Å². The molecule has 0 bridgehead atoms. The summed E-state index contributed by atoms with van der Waals surface area (Å²) in [6.07, 6.45) is 1.96. The molecule has 22 heavy (non-hydrogen) atoms. The van der Waals surface area contributed by atoms with Gasteiger partial charge in [0, 0.05) is 24.0 Å². The normalized spacial score (nSPS) is 10.5. The predicted octanol–water partition coefficient (Wildman–Crippen LogP) is 3.18. The van der Waals surface area contributed by atoms with Crippen LogP contribution in [0.1, 0.15) is 34.3 Å². The van der Waals surface area contributed by atoms with Crippen molar-refractivity contribution in [1.29, 1.82) is 0 Å². The Morgan fingerprint density at radius 2 is 2.14 bits per heavy atom. The van der Waals surface area contributed by atoms with Gasteiger partial charge in [-0.3, -0.25) is 9.59 Å². The van der Waals surface area contributed by atoms with Gasteiger partial charge in [0.15, 0.2) is 0 Å². The minimum absolute atomic E-state index is 0.127. The number of pyridine rings is 1. The summed E-state index contributed by atoms with van der Waals surface area (Å²) in [4.78, 5) is 29.9. The maximum absolute atomic E-state index is 12.3. The molecule has 0 aliphatic rings. The Labute approximate surface area is 133 Å². The van der Waals surface area contributed by atoms with Crippen molar-refractivity contribution in [3.05, 3.63) is 34.9 Å². The molecule has 6 heteroatoms. The zero-order chi connectivity index (χ0) is 16.3. The van der Waals surface area contributed by atoms with Crippen molar-refractivity contribution in [3.8, 4) is 0 Å². The summed E-state index contributed by atoms with van der Waals surface area (Å²) in [6.45, 7) is 9.60. The SMILES string of the molecule is C=CCNC(=O)c1sc2nc(C)cc(C)c2c1NC(=O)CC. The highest BCUT2D eigenvalue weighted by Crippen LogP contribution is 2.37. The molecule has 2 rings (SSSR count). The highest BCUT2D eigenvalue weighted by molar-refractivity contribution is 7.21. The average molecular weight is 317 g/mol. The van der Waals surface area contributed by atoms with Crippen LogP contribution in [0.3, 0.4) is 0 Å². The predicted molar refractivity (Wildman–Crippen MR) is 90.5 cm³/mol. The zero-order valence-corrected chi connectivity index (χ0v) is 13.8. The standard InChI is InChI=1S/C16H19N3O2S/c1-5-7-17-15(21)14-13(19-11(20)6-2)12-9(3)8-10(4)18-16(12)22-14/h5,8H,1,6-7H2,2-4H3,(H,17,21)(H,19,20). The van der Waals surface area contributed by atoms with Crippen LogP contribution in [0.4, 0.5) is 5.69 Å². The molecule has 0 radical (unpaired) electrons. The van der Waals surface area contributed by atoms with Crippen LogP contribution in [0, 0.1) is 13.8 Å². The van der Waals surface area contributed by atoms with E-state index in [9.17, 15) is 9.59 Å². The number of fused-ring (bicyclic) bond motifs is 1. The molecule has 2 heterocycles. The lowest BCUT2D eigenvalue weighted by atomic mass is 10.1. The first-order valence-electron chi connectivity index (χ1n) is 7.07. The minimum Gasteiger partial charge on any atom is -0.348 e. The van der Waals surface area contributed by atoms with Gasteiger partial charge in [0.25, 0.3) is 5.91 Å². The van der Waals surface area contributed by atoms with Gasteiger partial charge >= 0.3 is 0 Å². The zero-order valence-electron chi connectivity index (χ0n) is 12.9. The van der Waals surface area contributed by atoms with Crippen LogP contribution in [0.2, 0.25) is 0 Å². The summed E-state index contributed by atoms with van der Waals surface area (Å²) in [5, 5.41) is 6.43. The first-order chi connectivity index (χ1) is 10.5. The molecule has 2 amide bonds. The van der Waals surface area contributed by atoms with Gasteiger partial charge in [-0.05, 0) is 25.5 Å². The molecule has 2 aromatic heterocycles. The third kappa shape index (κ3) is 3.17. The molecular weight excluding hydrogens is 298 g/mol. The van der Waals surface area contributed by atoms with Gasteiger partial charge in [0.1, 0.15) is 9.71 Å². The van der Waals surface area contributed by atoms with Gasteiger partial charge in [-0.2, -0.15) is 0 Å². The van der Waals surface area contributed by atoms with Crippen LogP contribution in [0.5, 0.6) is 0 Å². The third-order valence-electron chi connectivity index (χ3n) is 3.19. The van der Waals surface area contributed by atoms with Crippen molar-refractivity contribution in [1.82, 2.24) is 10.3 Å². The first-order valence-corrected chi connectivity index (χ1v) is 7.89. The van der Waals surface area contributed by atoms with Crippen LogP contribution in [-0.4, -0.2) is 23.3 Å². The summed E-state index contributed by atoms with van der Waals surface area (Å²) >= 11 is 1.29. The number of carbonyl (C=O) groups is 2. The van der Waals surface area contributed by atoms with Crippen LogP contribution >= 0.6 is 11.3 Å². The molecular formula is C16H19N3O2S. The minimum atomic E-state index is -0.230. The second-order valence-corrected chi connectivity index (χ2v) is 5.97. The van der Waals surface area contributed by atoms with Gasteiger partial charge in [0.2, 0.25) is 5.91 Å². The van der Waals surface area contributed by atoms with Gasteiger partial charge < -0.3 is 10.6 Å². The van der Waals surface area contributed by atoms with E-state index in [-0.39, 0.29) is 11.8 Å². The van der Waals surface area contributed by atoms with E-state index >= 15 is 0 Å². The van der Waals surface area contributed by atoms with Crippen LogP contribution in [0.15, 0.2) is 18.7 Å². The Bertz CT molecular complexity index is 749. The summed E-state index contributed by atoms with van der Waals surface area (Å²) < 4.78 is 0. The molecule has 2 N–H and O–H groups in total. The number of aryl methyl sites for hydroxylation is 2. The maximum atomic E-state index is 12.3.